The van der Waals surface area contributed by atoms with E-state index in [4.69, 9.17) is 9.47 Å². The first-order valence-corrected chi connectivity index (χ1v) is 10.2. The summed E-state index contributed by atoms with van der Waals surface area (Å²) in [6.07, 6.45) is 0. The van der Waals surface area contributed by atoms with Crippen LogP contribution in [0.3, 0.4) is 0 Å². The Bertz CT molecular complexity index is 1190. The molecule has 1 atom stereocenters. The van der Waals surface area contributed by atoms with Gasteiger partial charge in [0.1, 0.15) is 11.5 Å². The van der Waals surface area contributed by atoms with Gasteiger partial charge in [-0.15, -0.1) is 15.0 Å². The number of para-hydroxylation sites is 2. The topological polar surface area (TPSA) is 91.2 Å². The van der Waals surface area contributed by atoms with Crippen molar-refractivity contribution in [2.75, 3.05) is 19.0 Å². The molecule has 1 unspecified atom stereocenters. The predicted octanol–water partition coefficient (Wildman–Crippen LogP) is 3.98. The number of nitrogens with zero attached hydrogens (tertiary/aromatic N) is 4. The molecule has 0 fully saturated rings. The standard InChI is InChI=1S/C24H23N5O3/c1-3-32-21-15-8-7-14-20(21)25-24(30)22(17-10-5-4-6-11-17)29-27-23(26-28-29)18-12-9-13-19(16-18)31-2/h4-16,22H,3H2,1-2H3,(H,25,30). The van der Waals surface area contributed by atoms with Crippen molar-refractivity contribution in [1.82, 2.24) is 20.2 Å². The van der Waals surface area contributed by atoms with Crippen LogP contribution >= 0.6 is 0 Å². The lowest BCUT2D eigenvalue weighted by Gasteiger charge is -2.17. The average Bonchev–Trinajstić information content (AvgIpc) is 3.31. The number of tetrazole rings is 1. The lowest BCUT2D eigenvalue weighted by Crippen LogP contribution is -2.29. The first-order chi connectivity index (χ1) is 15.7. The molecule has 3 aromatic carbocycles. The number of nitrogens with one attached hydrogen (secondary N) is 1. The van der Waals surface area contributed by atoms with E-state index in [1.165, 1.54) is 4.80 Å². The molecule has 0 radical (unpaired) electrons. The molecule has 4 rings (SSSR count). The summed E-state index contributed by atoms with van der Waals surface area (Å²) >= 11 is 0. The normalized spacial score (nSPS) is 11.6. The number of anilines is 1. The lowest BCUT2D eigenvalue weighted by molar-refractivity contribution is -0.118. The van der Waals surface area contributed by atoms with Crippen LogP contribution in [0.2, 0.25) is 0 Å². The summed E-state index contributed by atoms with van der Waals surface area (Å²) in [6, 6.07) is 23.2. The number of aromatic nitrogens is 4. The number of hydrogen-bond donors (Lipinski definition) is 1. The van der Waals surface area contributed by atoms with Gasteiger partial charge in [0.15, 0.2) is 6.04 Å². The van der Waals surface area contributed by atoms with Gasteiger partial charge < -0.3 is 14.8 Å². The number of amides is 1. The van der Waals surface area contributed by atoms with Crippen LogP contribution in [0, 0.1) is 0 Å². The van der Waals surface area contributed by atoms with Gasteiger partial charge in [-0.3, -0.25) is 4.79 Å². The highest BCUT2D eigenvalue weighted by Gasteiger charge is 2.26. The van der Waals surface area contributed by atoms with Gasteiger partial charge in [-0.1, -0.05) is 54.6 Å². The highest BCUT2D eigenvalue weighted by Crippen LogP contribution is 2.27. The molecular formula is C24H23N5O3. The second-order valence-corrected chi connectivity index (χ2v) is 6.90. The number of carbonyl (C=O) groups excluding carboxylic acids is 1. The number of ether oxygens (including phenoxy) is 2. The van der Waals surface area contributed by atoms with Crippen molar-refractivity contribution in [1.29, 1.82) is 0 Å². The fourth-order valence-corrected chi connectivity index (χ4v) is 3.29. The van der Waals surface area contributed by atoms with Crippen LogP contribution in [-0.4, -0.2) is 39.8 Å². The molecule has 162 valence electrons. The minimum absolute atomic E-state index is 0.307. The minimum Gasteiger partial charge on any atom is -0.497 e. The van der Waals surface area contributed by atoms with Gasteiger partial charge in [0.25, 0.3) is 5.91 Å². The molecule has 0 spiro atoms. The summed E-state index contributed by atoms with van der Waals surface area (Å²) in [6.45, 7) is 2.38. The number of rotatable bonds is 8. The van der Waals surface area contributed by atoms with Crippen LogP contribution in [0.15, 0.2) is 78.9 Å². The summed E-state index contributed by atoms with van der Waals surface area (Å²) in [5, 5.41) is 15.8. The third-order valence-electron chi connectivity index (χ3n) is 4.80. The molecule has 0 bridgehead atoms. The van der Waals surface area contributed by atoms with Crippen molar-refractivity contribution in [3.8, 4) is 22.9 Å². The molecule has 0 aliphatic rings. The van der Waals surface area contributed by atoms with Crippen molar-refractivity contribution in [2.24, 2.45) is 0 Å². The summed E-state index contributed by atoms with van der Waals surface area (Å²) in [4.78, 5) is 14.7. The van der Waals surface area contributed by atoms with Crippen LogP contribution in [0.1, 0.15) is 18.5 Å². The molecule has 1 N–H and O–H groups in total. The van der Waals surface area contributed by atoms with Crippen LogP contribution in [-0.2, 0) is 4.79 Å². The fourth-order valence-electron chi connectivity index (χ4n) is 3.29. The fraction of sp³-hybridized carbons (Fsp3) is 0.167. The van der Waals surface area contributed by atoms with Gasteiger partial charge in [0.2, 0.25) is 5.82 Å². The molecule has 1 aromatic heterocycles. The Morgan fingerprint density at radius 3 is 2.59 bits per heavy atom. The predicted molar refractivity (Wildman–Crippen MR) is 121 cm³/mol. The van der Waals surface area contributed by atoms with Crippen molar-refractivity contribution in [3.05, 3.63) is 84.4 Å². The molecule has 1 heterocycles. The Balaban J connectivity index is 1.68. The average molecular weight is 429 g/mol. The first kappa shape index (κ1) is 21.0. The zero-order valence-electron chi connectivity index (χ0n) is 17.8. The Kier molecular flexibility index (Phi) is 6.41. The van der Waals surface area contributed by atoms with Gasteiger partial charge in [0, 0.05) is 5.56 Å². The van der Waals surface area contributed by atoms with Gasteiger partial charge >= 0.3 is 0 Å². The molecule has 1 amide bonds. The Morgan fingerprint density at radius 1 is 1.03 bits per heavy atom. The van der Waals surface area contributed by atoms with Gasteiger partial charge in [0.05, 0.1) is 19.4 Å². The highest BCUT2D eigenvalue weighted by molar-refractivity contribution is 5.96. The summed E-state index contributed by atoms with van der Waals surface area (Å²) in [5.41, 5.74) is 2.05. The molecular weight excluding hydrogens is 406 g/mol. The summed E-state index contributed by atoms with van der Waals surface area (Å²) in [7, 11) is 1.60. The van der Waals surface area contributed by atoms with Gasteiger partial charge in [-0.05, 0) is 42.0 Å². The Morgan fingerprint density at radius 2 is 1.81 bits per heavy atom. The van der Waals surface area contributed by atoms with Gasteiger partial charge in [-0.2, -0.15) is 0 Å². The lowest BCUT2D eigenvalue weighted by atomic mass is 10.1. The van der Waals surface area contributed by atoms with E-state index < -0.39 is 6.04 Å². The highest BCUT2D eigenvalue weighted by atomic mass is 16.5. The minimum atomic E-state index is -0.822. The Hall–Kier alpha value is -4.20. The molecule has 0 aliphatic heterocycles. The molecule has 0 aliphatic carbocycles. The van der Waals surface area contributed by atoms with E-state index in [0.29, 0.717) is 29.6 Å². The maximum Gasteiger partial charge on any atom is 0.255 e. The molecule has 0 saturated heterocycles. The number of benzene rings is 3. The summed E-state index contributed by atoms with van der Waals surface area (Å²) in [5.74, 6) is 1.37. The Labute approximate surface area is 185 Å². The van der Waals surface area contributed by atoms with Crippen molar-refractivity contribution >= 4 is 11.6 Å². The molecule has 8 nitrogen and oxygen atoms in total. The molecule has 4 aromatic rings. The van der Waals surface area contributed by atoms with Crippen molar-refractivity contribution in [2.45, 2.75) is 13.0 Å². The van der Waals surface area contributed by atoms with Crippen LogP contribution < -0.4 is 14.8 Å². The van der Waals surface area contributed by atoms with E-state index in [9.17, 15) is 4.79 Å². The number of hydrogen-bond acceptors (Lipinski definition) is 6. The quantitative estimate of drug-likeness (QED) is 0.456. The number of methoxy groups -OCH3 is 1. The smallest absolute Gasteiger partial charge is 0.255 e. The largest absolute Gasteiger partial charge is 0.497 e. The van der Waals surface area contributed by atoms with Crippen molar-refractivity contribution in [3.63, 3.8) is 0 Å². The van der Waals surface area contributed by atoms with E-state index in [1.54, 1.807) is 13.2 Å². The maximum atomic E-state index is 13.4. The first-order valence-electron chi connectivity index (χ1n) is 10.2. The van der Waals surface area contributed by atoms with E-state index in [1.807, 2.05) is 79.7 Å². The number of carbonyl (C=O) groups is 1. The third-order valence-corrected chi connectivity index (χ3v) is 4.80. The maximum absolute atomic E-state index is 13.4. The van der Waals surface area contributed by atoms with Crippen LogP contribution in [0.4, 0.5) is 5.69 Å². The van der Waals surface area contributed by atoms with E-state index in [2.05, 4.69) is 20.7 Å². The van der Waals surface area contributed by atoms with E-state index >= 15 is 0 Å². The summed E-state index contributed by atoms with van der Waals surface area (Å²) < 4.78 is 10.9. The van der Waals surface area contributed by atoms with E-state index in [-0.39, 0.29) is 5.91 Å². The second kappa shape index (κ2) is 9.74. The molecule has 0 saturated carbocycles. The zero-order valence-corrected chi connectivity index (χ0v) is 17.8. The second-order valence-electron chi connectivity index (χ2n) is 6.90. The van der Waals surface area contributed by atoms with Crippen LogP contribution in [0.25, 0.3) is 11.4 Å². The van der Waals surface area contributed by atoms with Crippen LogP contribution in [0.5, 0.6) is 11.5 Å². The third kappa shape index (κ3) is 4.59. The zero-order chi connectivity index (χ0) is 22.3. The monoisotopic (exact) mass is 429 g/mol. The van der Waals surface area contributed by atoms with Gasteiger partial charge in [-0.25, -0.2) is 0 Å². The van der Waals surface area contributed by atoms with E-state index in [0.717, 1.165) is 11.1 Å². The van der Waals surface area contributed by atoms with Crippen molar-refractivity contribution < 1.29 is 14.3 Å². The SMILES string of the molecule is CCOc1ccccc1NC(=O)C(c1ccccc1)n1nnc(-c2cccc(OC)c2)n1. The molecule has 32 heavy (non-hydrogen) atoms. The molecule has 8 heteroatoms.